The van der Waals surface area contributed by atoms with Crippen molar-refractivity contribution >= 4 is 74.2 Å². The highest BCUT2D eigenvalue weighted by molar-refractivity contribution is 7.00. The summed E-state index contributed by atoms with van der Waals surface area (Å²) in [4.78, 5) is 8.08. The van der Waals surface area contributed by atoms with Crippen LogP contribution in [-0.2, 0) is 21.7 Å². The fraction of sp³-hybridized carbons (Fsp3) is 0.313. The van der Waals surface area contributed by atoms with Crippen molar-refractivity contribution in [3.63, 3.8) is 0 Å². The molecule has 2 atom stereocenters. The highest BCUT2D eigenvalue weighted by Crippen LogP contribution is 2.62. The Morgan fingerprint density at radius 2 is 1.11 bits per heavy atom. The van der Waals surface area contributed by atoms with E-state index in [9.17, 15) is 0 Å². The zero-order valence-electron chi connectivity index (χ0n) is 44.5. The number of hydrogen-bond donors (Lipinski definition) is 1. The number of dihydropyridines is 1. The van der Waals surface area contributed by atoms with E-state index in [1.54, 1.807) is 0 Å². The van der Waals surface area contributed by atoms with E-state index in [0.29, 0.717) is 0 Å². The van der Waals surface area contributed by atoms with Gasteiger partial charge in [-0.3, -0.25) is 0 Å². The van der Waals surface area contributed by atoms with E-state index >= 15 is 0 Å². The molecule has 1 fully saturated rings. The zero-order valence-corrected chi connectivity index (χ0v) is 44.5. The van der Waals surface area contributed by atoms with Crippen LogP contribution in [0, 0.1) is 0 Å². The van der Waals surface area contributed by atoms with Crippen LogP contribution in [0.1, 0.15) is 130 Å². The quantitative estimate of drug-likeness (QED) is 0.174. The SMILES string of the molecule is CC(C)(C)c1ccc(N2c3ccc(C(C)(C)C)cc3B3c4ccccc4N(c4ccc(C(C)(C)C)cc4-c4ccccc4)c4cc(N5c6ccc(C7=CCNC=C7)cc6C6(C)CCCCC56C)cc2c43)cc1. The second kappa shape index (κ2) is 16.4. The highest BCUT2D eigenvalue weighted by Gasteiger charge is 2.58. The third kappa shape index (κ3) is 7.15. The number of benzene rings is 7. The molecule has 1 N–H and O–H groups in total. The van der Waals surface area contributed by atoms with E-state index < -0.39 is 0 Å². The van der Waals surface area contributed by atoms with Gasteiger partial charge in [0.2, 0.25) is 0 Å². The first kappa shape index (κ1) is 46.4. The number of allylic oxidation sites excluding steroid dienone is 2. The molecule has 12 rings (SSSR count). The molecule has 0 aromatic heterocycles. The van der Waals surface area contributed by atoms with Gasteiger partial charge in [0.25, 0.3) is 6.71 Å². The molecule has 0 radical (unpaired) electrons. The molecule has 0 saturated heterocycles. The summed E-state index contributed by atoms with van der Waals surface area (Å²) in [5.74, 6) is 0. The molecule has 1 saturated carbocycles. The number of nitrogens with one attached hydrogen (secondary N) is 1. The van der Waals surface area contributed by atoms with Gasteiger partial charge in [0.1, 0.15) is 0 Å². The lowest BCUT2D eigenvalue weighted by Gasteiger charge is -2.51. The van der Waals surface area contributed by atoms with E-state index in [0.717, 1.165) is 19.4 Å². The summed E-state index contributed by atoms with van der Waals surface area (Å²) in [5.41, 5.74) is 24.2. The topological polar surface area (TPSA) is 21.8 Å². The Bertz CT molecular complexity index is 3360. The molecule has 0 spiro atoms. The Kier molecular flexibility index (Phi) is 10.6. The number of anilines is 8. The minimum Gasteiger partial charge on any atom is -0.387 e. The maximum absolute atomic E-state index is 3.38. The summed E-state index contributed by atoms with van der Waals surface area (Å²) in [6.07, 6.45) is 11.4. The molecule has 0 amide bonds. The van der Waals surface area contributed by atoms with Crippen LogP contribution < -0.4 is 36.4 Å². The minimum absolute atomic E-state index is 0.00295. The minimum atomic E-state index is -0.167. The van der Waals surface area contributed by atoms with Crippen LogP contribution in [0.4, 0.5) is 45.5 Å². The predicted octanol–water partition coefficient (Wildman–Crippen LogP) is 15.6. The highest BCUT2D eigenvalue weighted by atomic mass is 15.3. The molecule has 72 heavy (non-hydrogen) atoms. The first-order chi connectivity index (χ1) is 34.3. The van der Waals surface area contributed by atoms with Gasteiger partial charge in [-0.2, -0.15) is 0 Å². The Morgan fingerprint density at radius 1 is 0.500 bits per heavy atom. The molecular weight excluding hydrogens is 872 g/mol. The third-order valence-electron chi connectivity index (χ3n) is 17.5. The second-order valence-electron chi connectivity index (χ2n) is 25.0. The fourth-order valence-corrected chi connectivity index (χ4v) is 13.2. The lowest BCUT2D eigenvalue weighted by Crippen LogP contribution is -2.61. The van der Waals surface area contributed by atoms with Gasteiger partial charge < -0.3 is 20.0 Å². The van der Waals surface area contributed by atoms with Gasteiger partial charge >= 0.3 is 0 Å². The van der Waals surface area contributed by atoms with Crippen LogP contribution in [0.2, 0.25) is 0 Å². The number of rotatable bonds is 5. The molecule has 362 valence electrons. The maximum Gasteiger partial charge on any atom is 0.252 e. The molecule has 7 aromatic rings. The molecule has 5 aliphatic rings. The lowest BCUT2D eigenvalue weighted by molar-refractivity contribution is 0.195. The summed E-state index contributed by atoms with van der Waals surface area (Å²) in [6.45, 7) is 27.0. The molecule has 0 bridgehead atoms. The summed E-state index contributed by atoms with van der Waals surface area (Å²) >= 11 is 0. The van der Waals surface area contributed by atoms with Crippen molar-refractivity contribution in [1.29, 1.82) is 0 Å². The Hall–Kier alpha value is -6.72. The molecular formula is C67H71BN4. The van der Waals surface area contributed by atoms with E-state index in [4.69, 9.17) is 0 Å². The van der Waals surface area contributed by atoms with Crippen molar-refractivity contribution in [2.45, 2.75) is 129 Å². The van der Waals surface area contributed by atoms with Gasteiger partial charge in [-0.05, 0) is 164 Å². The fourth-order valence-electron chi connectivity index (χ4n) is 13.2. The average Bonchev–Trinajstić information content (AvgIpc) is 3.58. The standard InChI is InChI=1S/C67H71BN4/c1-63(2,3)47-24-28-50(29-25-47)70-59-32-27-49(65(7,8)9)41-55(59)68-54-21-15-16-22-58(54)71(56-31-26-48(64(4,5)6)40-52(56)45-19-13-12-14-20-45)61-43-51(42-60(70)62(61)68)72-57-30-23-46(44-33-37-69-38-34-44)39-53(57)66(10)35-17-18-36-67(66,72)11/h12-16,19-34,37,39-43,69H,17-18,35-36,38H2,1-11H3. The van der Waals surface area contributed by atoms with Crippen molar-refractivity contribution in [1.82, 2.24) is 5.32 Å². The number of para-hydroxylation sites is 1. The number of nitrogens with zero attached hydrogens (tertiary/aromatic N) is 3. The molecule has 2 unspecified atom stereocenters. The zero-order chi connectivity index (χ0) is 50.1. The Morgan fingerprint density at radius 3 is 1.81 bits per heavy atom. The summed E-state index contributed by atoms with van der Waals surface area (Å²) in [6, 6.07) is 57.2. The first-order valence-corrected chi connectivity index (χ1v) is 26.7. The van der Waals surface area contributed by atoms with Gasteiger partial charge in [-0.25, -0.2) is 0 Å². The largest absolute Gasteiger partial charge is 0.387 e. The van der Waals surface area contributed by atoms with Crippen molar-refractivity contribution in [2.75, 3.05) is 21.2 Å². The van der Waals surface area contributed by atoms with Gasteiger partial charge in [0.05, 0.1) is 11.2 Å². The van der Waals surface area contributed by atoms with Gasteiger partial charge in [-0.1, -0.05) is 173 Å². The lowest BCUT2D eigenvalue weighted by atomic mass is 9.33. The Balaban J connectivity index is 1.19. The normalized spacial score (nSPS) is 20.0. The monoisotopic (exact) mass is 943 g/mol. The van der Waals surface area contributed by atoms with E-state index in [-0.39, 0.29) is 33.9 Å². The maximum atomic E-state index is 3.38. The Labute approximate surface area is 430 Å². The van der Waals surface area contributed by atoms with Crippen LogP contribution >= 0.6 is 0 Å². The van der Waals surface area contributed by atoms with Gasteiger partial charge in [0, 0.05) is 57.3 Å². The third-order valence-corrected chi connectivity index (χ3v) is 17.5. The predicted molar refractivity (Wildman–Crippen MR) is 310 cm³/mol. The second-order valence-corrected chi connectivity index (χ2v) is 25.0. The van der Waals surface area contributed by atoms with Crippen LogP contribution in [0.3, 0.4) is 0 Å². The molecule has 5 heteroatoms. The van der Waals surface area contributed by atoms with Crippen LogP contribution in [0.15, 0.2) is 164 Å². The summed E-state index contributed by atoms with van der Waals surface area (Å²) < 4.78 is 0. The van der Waals surface area contributed by atoms with Crippen molar-refractivity contribution in [3.05, 3.63) is 192 Å². The van der Waals surface area contributed by atoms with E-state index in [2.05, 4.69) is 260 Å². The van der Waals surface area contributed by atoms with Gasteiger partial charge in [-0.15, -0.1) is 0 Å². The summed E-state index contributed by atoms with van der Waals surface area (Å²) in [7, 11) is 0. The molecule has 4 heterocycles. The van der Waals surface area contributed by atoms with Crippen LogP contribution in [0.25, 0.3) is 16.7 Å². The molecule has 1 aliphatic carbocycles. The van der Waals surface area contributed by atoms with Crippen molar-refractivity contribution < 1.29 is 0 Å². The average molecular weight is 943 g/mol. The van der Waals surface area contributed by atoms with Crippen molar-refractivity contribution in [3.8, 4) is 11.1 Å². The van der Waals surface area contributed by atoms with Gasteiger partial charge in [0.15, 0.2) is 0 Å². The van der Waals surface area contributed by atoms with E-state index in [1.165, 1.54) is 119 Å². The van der Waals surface area contributed by atoms with Crippen LogP contribution in [-0.4, -0.2) is 18.8 Å². The molecule has 7 aromatic carbocycles. The molecule has 4 nitrogen and oxygen atoms in total. The van der Waals surface area contributed by atoms with Crippen LogP contribution in [0.5, 0.6) is 0 Å². The number of hydrogen-bond acceptors (Lipinski definition) is 4. The number of fused-ring (bicyclic) bond motifs is 7. The molecule has 4 aliphatic heterocycles. The van der Waals surface area contributed by atoms with E-state index in [1.807, 2.05) is 0 Å². The summed E-state index contributed by atoms with van der Waals surface area (Å²) in [5, 5.41) is 3.38. The smallest absolute Gasteiger partial charge is 0.252 e. The first-order valence-electron chi connectivity index (χ1n) is 26.7. The van der Waals surface area contributed by atoms with Crippen molar-refractivity contribution in [2.24, 2.45) is 0 Å².